The minimum atomic E-state index is -0.824. The highest BCUT2D eigenvalue weighted by molar-refractivity contribution is 14.1. The lowest BCUT2D eigenvalue weighted by atomic mass is 9.93. The van der Waals surface area contributed by atoms with Crippen LogP contribution in [0.15, 0.2) is 82.1 Å². The Bertz CT molecular complexity index is 1940. The molecular formula is C32H25ClI2N2O6S. The van der Waals surface area contributed by atoms with Gasteiger partial charge in [-0.1, -0.05) is 65.4 Å². The van der Waals surface area contributed by atoms with Crippen molar-refractivity contribution in [1.82, 2.24) is 4.57 Å². The SMILES string of the molecule is CCOC(=O)COc1c(I)cc(I)cc1/C=c1\sc2n(c1=O)[C@@H](c1ccc(Cl)cc1)C(C(=O)OCC)=C(c1ccccc1)N=2. The molecule has 2 heterocycles. The van der Waals surface area contributed by atoms with Crippen molar-refractivity contribution in [2.75, 3.05) is 19.8 Å². The molecule has 8 nitrogen and oxygen atoms in total. The van der Waals surface area contributed by atoms with Crippen molar-refractivity contribution in [3.8, 4) is 5.75 Å². The average molecular weight is 855 g/mol. The van der Waals surface area contributed by atoms with Crippen LogP contribution in [0.1, 0.15) is 36.6 Å². The Hall–Kier alpha value is -3.01. The number of fused-ring (bicyclic) bond motifs is 1. The zero-order valence-corrected chi connectivity index (χ0v) is 29.4. The normalized spacial score (nSPS) is 14.6. The first-order valence-corrected chi connectivity index (χ1v) is 16.9. The molecule has 0 radical (unpaired) electrons. The molecule has 44 heavy (non-hydrogen) atoms. The maximum Gasteiger partial charge on any atom is 0.344 e. The minimum absolute atomic E-state index is 0.155. The number of nitrogens with zero attached hydrogens (tertiary/aromatic N) is 2. The number of hydrogen-bond acceptors (Lipinski definition) is 8. The number of carbonyl (C=O) groups excluding carboxylic acids is 2. The van der Waals surface area contributed by atoms with Crippen molar-refractivity contribution in [2.45, 2.75) is 19.9 Å². The molecule has 0 saturated carbocycles. The van der Waals surface area contributed by atoms with Crippen LogP contribution in [-0.2, 0) is 19.1 Å². The van der Waals surface area contributed by atoms with Crippen LogP contribution in [0, 0.1) is 7.14 Å². The van der Waals surface area contributed by atoms with Crippen LogP contribution in [0.5, 0.6) is 5.75 Å². The van der Waals surface area contributed by atoms with Crippen molar-refractivity contribution in [1.29, 1.82) is 0 Å². The van der Waals surface area contributed by atoms with Gasteiger partial charge in [-0.2, -0.15) is 0 Å². The highest BCUT2D eigenvalue weighted by Crippen LogP contribution is 2.36. The van der Waals surface area contributed by atoms with Crippen molar-refractivity contribution in [3.05, 3.63) is 121 Å². The summed E-state index contributed by atoms with van der Waals surface area (Å²) in [5.41, 5.74) is 2.35. The van der Waals surface area contributed by atoms with Gasteiger partial charge in [0.2, 0.25) is 0 Å². The number of halogens is 3. The lowest BCUT2D eigenvalue weighted by Gasteiger charge is -2.26. The third-order valence-corrected chi connectivity index (χ3v) is 9.18. The Morgan fingerprint density at radius 2 is 1.73 bits per heavy atom. The summed E-state index contributed by atoms with van der Waals surface area (Å²) in [5, 5.41) is 0.523. The molecule has 5 rings (SSSR count). The molecule has 226 valence electrons. The Labute approximate surface area is 289 Å². The van der Waals surface area contributed by atoms with E-state index >= 15 is 0 Å². The number of esters is 2. The van der Waals surface area contributed by atoms with Crippen molar-refractivity contribution in [3.63, 3.8) is 0 Å². The molecule has 0 aliphatic carbocycles. The molecule has 0 unspecified atom stereocenters. The number of benzene rings is 3. The van der Waals surface area contributed by atoms with E-state index < -0.39 is 18.0 Å². The van der Waals surface area contributed by atoms with E-state index in [4.69, 9.17) is 30.8 Å². The summed E-state index contributed by atoms with van der Waals surface area (Å²) in [6, 6.07) is 19.3. The molecule has 0 N–H and O–H groups in total. The molecule has 1 aliphatic rings. The molecule has 0 bridgehead atoms. The van der Waals surface area contributed by atoms with Gasteiger partial charge in [-0.25, -0.2) is 14.6 Å². The molecule has 0 spiro atoms. The monoisotopic (exact) mass is 854 g/mol. The number of hydrogen-bond donors (Lipinski definition) is 0. The number of carbonyl (C=O) groups is 2. The minimum Gasteiger partial charge on any atom is -0.480 e. The van der Waals surface area contributed by atoms with Gasteiger partial charge in [0.25, 0.3) is 5.56 Å². The van der Waals surface area contributed by atoms with Crippen LogP contribution >= 0.6 is 68.1 Å². The van der Waals surface area contributed by atoms with Gasteiger partial charge in [0, 0.05) is 19.7 Å². The predicted octanol–water partition coefficient (Wildman–Crippen LogP) is 5.74. The highest BCUT2D eigenvalue weighted by atomic mass is 127. The molecular weight excluding hydrogens is 830 g/mol. The Morgan fingerprint density at radius 3 is 2.41 bits per heavy atom. The fourth-order valence-electron chi connectivity index (χ4n) is 4.72. The van der Waals surface area contributed by atoms with E-state index in [9.17, 15) is 14.4 Å². The van der Waals surface area contributed by atoms with Gasteiger partial charge in [0.1, 0.15) is 5.75 Å². The van der Waals surface area contributed by atoms with E-state index in [1.807, 2.05) is 42.5 Å². The first kappa shape index (κ1) is 32.4. The summed E-state index contributed by atoms with van der Waals surface area (Å²) >= 11 is 11.7. The average Bonchev–Trinajstić information content (AvgIpc) is 3.31. The zero-order chi connectivity index (χ0) is 31.4. The van der Waals surface area contributed by atoms with E-state index in [-0.39, 0.29) is 31.0 Å². The zero-order valence-electron chi connectivity index (χ0n) is 23.5. The lowest BCUT2D eigenvalue weighted by Crippen LogP contribution is -2.40. The Balaban J connectivity index is 1.76. The molecule has 0 saturated heterocycles. The summed E-state index contributed by atoms with van der Waals surface area (Å²) < 4.78 is 20.0. The summed E-state index contributed by atoms with van der Waals surface area (Å²) in [5.74, 6) is -0.599. The van der Waals surface area contributed by atoms with E-state index in [0.717, 1.165) is 7.14 Å². The second kappa shape index (κ2) is 14.4. The fourth-order valence-corrected chi connectivity index (χ4v) is 7.88. The van der Waals surface area contributed by atoms with Gasteiger partial charge >= 0.3 is 11.9 Å². The van der Waals surface area contributed by atoms with E-state index in [2.05, 4.69) is 45.2 Å². The van der Waals surface area contributed by atoms with Crippen LogP contribution < -0.4 is 19.6 Å². The maximum absolute atomic E-state index is 14.2. The van der Waals surface area contributed by atoms with Crippen LogP contribution in [0.25, 0.3) is 11.8 Å². The highest BCUT2D eigenvalue weighted by Gasteiger charge is 2.35. The molecule has 1 aromatic heterocycles. The topological polar surface area (TPSA) is 96.2 Å². The van der Waals surface area contributed by atoms with E-state index in [1.54, 1.807) is 44.2 Å². The first-order chi connectivity index (χ1) is 21.2. The van der Waals surface area contributed by atoms with Crippen LogP contribution in [0.4, 0.5) is 0 Å². The summed E-state index contributed by atoms with van der Waals surface area (Å²) in [6.07, 6.45) is 1.73. The molecule has 1 aliphatic heterocycles. The molecule has 4 aromatic rings. The van der Waals surface area contributed by atoms with Crippen molar-refractivity contribution in [2.24, 2.45) is 4.99 Å². The van der Waals surface area contributed by atoms with Gasteiger partial charge in [-0.05, 0) is 94.9 Å². The van der Waals surface area contributed by atoms with Crippen LogP contribution in [0.2, 0.25) is 5.02 Å². The van der Waals surface area contributed by atoms with Gasteiger partial charge < -0.3 is 14.2 Å². The van der Waals surface area contributed by atoms with Crippen LogP contribution in [-0.4, -0.2) is 36.3 Å². The van der Waals surface area contributed by atoms with Crippen molar-refractivity contribution < 1.29 is 23.8 Å². The number of ether oxygens (including phenoxy) is 3. The number of thiazole rings is 1. The maximum atomic E-state index is 14.2. The summed E-state index contributed by atoms with van der Waals surface area (Å²) in [6.45, 7) is 3.59. The summed E-state index contributed by atoms with van der Waals surface area (Å²) in [4.78, 5) is 45.2. The number of aromatic nitrogens is 1. The van der Waals surface area contributed by atoms with E-state index in [0.29, 0.717) is 42.5 Å². The largest absolute Gasteiger partial charge is 0.480 e. The molecule has 0 amide bonds. The second-order valence-electron chi connectivity index (χ2n) is 9.38. The number of rotatable bonds is 9. The summed E-state index contributed by atoms with van der Waals surface area (Å²) in [7, 11) is 0. The molecule has 12 heteroatoms. The quantitative estimate of drug-likeness (QED) is 0.158. The van der Waals surface area contributed by atoms with Gasteiger partial charge in [0.05, 0.1) is 38.6 Å². The third kappa shape index (κ3) is 6.95. The molecule has 0 fully saturated rings. The smallest absolute Gasteiger partial charge is 0.344 e. The standard InChI is InChI=1S/C32H25ClI2N2O6S/c1-3-41-25(38)17-43-29-20(14-22(34)16-23(29)35)15-24-30(39)37-28(19-10-12-21(33)13-11-19)26(31(40)42-4-2)27(36-32(37)44-24)18-8-6-5-7-9-18/h5-16,28H,3-4,17H2,1-2H3/b24-15-/t28-/m0/s1. The van der Waals surface area contributed by atoms with E-state index in [1.165, 1.54) is 15.9 Å². The Kier molecular flexibility index (Phi) is 10.6. The first-order valence-electron chi connectivity index (χ1n) is 13.5. The van der Waals surface area contributed by atoms with Gasteiger partial charge in [0.15, 0.2) is 11.4 Å². The van der Waals surface area contributed by atoms with Gasteiger partial charge in [-0.3, -0.25) is 9.36 Å². The van der Waals surface area contributed by atoms with Crippen LogP contribution in [0.3, 0.4) is 0 Å². The molecule has 3 aromatic carbocycles. The third-order valence-electron chi connectivity index (χ3n) is 6.52. The second-order valence-corrected chi connectivity index (χ2v) is 13.2. The lowest BCUT2D eigenvalue weighted by molar-refractivity contribution is -0.145. The predicted molar refractivity (Wildman–Crippen MR) is 187 cm³/mol. The van der Waals surface area contributed by atoms with Crippen molar-refractivity contribution >= 4 is 91.8 Å². The fraction of sp³-hybridized carbons (Fsp3) is 0.188. The Morgan fingerprint density at radius 1 is 1.02 bits per heavy atom. The molecule has 1 atom stereocenters. The van der Waals surface area contributed by atoms with Gasteiger partial charge in [-0.15, -0.1) is 0 Å².